The number of carbonyl (C=O) groups is 1. The molecule has 2 atom stereocenters. The van der Waals surface area contributed by atoms with E-state index in [-0.39, 0.29) is 10.6 Å². The number of nitriles is 2. The number of carbonyl (C=O) groups excluding carboxylic acids is 1. The van der Waals surface area contributed by atoms with Gasteiger partial charge in [0.15, 0.2) is 0 Å². The maximum absolute atomic E-state index is 12.7. The first-order valence-corrected chi connectivity index (χ1v) is 6.84. The molecule has 0 bridgehead atoms. The molecule has 1 aromatic carbocycles. The van der Waals surface area contributed by atoms with Crippen molar-refractivity contribution in [2.45, 2.75) is 12.3 Å². The Bertz CT molecular complexity index is 846. The van der Waals surface area contributed by atoms with Gasteiger partial charge < -0.3 is 15.7 Å². The Morgan fingerprint density at radius 1 is 1.36 bits per heavy atom. The van der Waals surface area contributed by atoms with E-state index >= 15 is 0 Å². The monoisotopic (exact) mass is 310 g/mol. The summed E-state index contributed by atoms with van der Waals surface area (Å²) in [5, 5.41) is 34.2. The number of nitrogens with zero attached hydrogens (tertiary/aromatic N) is 2. The van der Waals surface area contributed by atoms with Crippen LogP contribution in [-0.4, -0.2) is 16.0 Å². The minimum absolute atomic E-state index is 0.0171. The van der Waals surface area contributed by atoms with E-state index in [1.165, 1.54) is 0 Å². The van der Waals surface area contributed by atoms with Gasteiger partial charge in [0.05, 0.1) is 6.07 Å². The molecule has 22 heavy (non-hydrogen) atoms. The Morgan fingerprint density at radius 2 is 2.09 bits per heavy atom. The minimum atomic E-state index is -1.61. The van der Waals surface area contributed by atoms with Gasteiger partial charge in [-0.25, -0.2) is 0 Å². The topological polar surface area (TPSA) is 109 Å². The molecule has 1 aromatic rings. The molecule has 2 unspecified atom stereocenters. The quantitative estimate of drug-likeness (QED) is 0.627. The molecular formula is C15H10N4O2S. The van der Waals surface area contributed by atoms with Gasteiger partial charge in [0, 0.05) is 5.69 Å². The molecule has 0 saturated heterocycles. The highest BCUT2D eigenvalue weighted by molar-refractivity contribution is 7.80. The fourth-order valence-corrected chi connectivity index (χ4v) is 3.37. The molecule has 1 amide bonds. The van der Waals surface area contributed by atoms with Crippen molar-refractivity contribution >= 4 is 28.8 Å². The summed E-state index contributed by atoms with van der Waals surface area (Å²) in [7, 11) is 0. The molecule has 2 aliphatic rings. The van der Waals surface area contributed by atoms with Crippen molar-refractivity contribution in [3.05, 3.63) is 40.8 Å². The summed E-state index contributed by atoms with van der Waals surface area (Å²) < 4.78 is 0. The van der Waals surface area contributed by atoms with Crippen molar-refractivity contribution in [2.24, 2.45) is 5.92 Å². The van der Waals surface area contributed by atoms with Crippen molar-refractivity contribution in [3.8, 4) is 12.1 Å². The third-order valence-electron chi connectivity index (χ3n) is 4.02. The summed E-state index contributed by atoms with van der Waals surface area (Å²) in [5.41, 5.74) is 0.0521. The van der Waals surface area contributed by atoms with Crippen LogP contribution in [0.15, 0.2) is 29.7 Å². The fraction of sp³-hybridized carbons (Fsp3) is 0.200. The normalized spacial score (nSPS) is 26.0. The van der Waals surface area contributed by atoms with Crippen molar-refractivity contribution in [3.63, 3.8) is 0 Å². The van der Waals surface area contributed by atoms with Crippen LogP contribution < -0.4 is 10.6 Å². The average molecular weight is 310 g/mol. The first-order chi connectivity index (χ1) is 10.5. The summed E-state index contributed by atoms with van der Waals surface area (Å²) in [4.78, 5) is 12.7. The van der Waals surface area contributed by atoms with Gasteiger partial charge in [-0.3, -0.25) is 4.79 Å². The van der Waals surface area contributed by atoms with Crippen LogP contribution in [0.3, 0.4) is 0 Å². The van der Waals surface area contributed by atoms with Crippen LogP contribution in [0.4, 0.5) is 5.69 Å². The minimum Gasteiger partial charge on any atom is -0.494 e. The predicted octanol–water partition coefficient (Wildman–Crippen LogP) is 1.55. The molecule has 0 fully saturated rings. The lowest BCUT2D eigenvalue weighted by atomic mass is 9.65. The highest BCUT2D eigenvalue weighted by atomic mass is 32.1. The molecule has 108 valence electrons. The van der Waals surface area contributed by atoms with Crippen molar-refractivity contribution in [2.75, 3.05) is 5.32 Å². The lowest BCUT2D eigenvalue weighted by molar-refractivity contribution is -0.120. The number of aliphatic hydroxyl groups excluding tert-OH is 1. The molecule has 3 N–H and O–H groups in total. The Balaban J connectivity index is 2.44. The Labute approximate surface area is 131 Å². The molecule has 0 aliphatic carbocycles. The number of benzene rings is 1. The van der Waals surface area contributed by atoms with Gasteiger partial charge >= 0.3 is 0 Å². The van der Waals surface area contributed by atoms with Gasteiger partial charge in [0.25, 0.3) is 0 Å². The number of hydrogen-bond donors (Lipinski definition) is 3. The number of amides is 1. The van der Waals surface area contributed by atoms with Gasteiger partial charge in [0.1, 0.15) is 28.0 Å². The molecule has 7 heteroatoms. The number of hydrogen-bond acceptors (Lipinski definition) is 5. The Hall–Kier alpha value is -2.90. The van der Waals surface area contributed by atoms with Gasteiger partial charge in [-0.1, -0.05) is 29.9 Å². The first-order valence-electron chi connectivity index (χ1n) is 6.43. The number of rotatable bonds is 0. The smallest absolute Gasteiger partial charge is 0.242 e. The lowest BCUT2D eigenvalue weighted by Gasteiger charge is -2.36. The molecule has 2 aliphatic heterocycles. The van der Waals surface area contributed by atoms with Crippen molar-refractivity contribution in [1.82, 2.24) is 5.32 Å². The predicted molar refractivity (Wildman–Crippen MR) is 81.6 cm³/mol. The number of nitrogens with one attached hydrogen (secondary N) is 2. The lowest BCUT2D eigenvalue weighted by Crippen LogP contribution is -2.53. The maximum Gasteiger partial charge on any atom is 0.242 e. The van der Waals surface area contributed by atoms with Gasteiger partial charge in [-0.15, -0.1) is 0 Å². The van der Waals surface area contributed by atoms with E-state index in [2.05, 4.69) is 10.6 Å². The molecule has 1 spiro atoms. The second-order valence-corrected chi connectivity index (χ2v) is 5.64. The molecule has 0 radical (unpaired) electrons. The van der Waals surface area contributed by atoms with E-state index in [4.69, 9.17) is 12.2 Å². The zero-order valence-electron chi connectivity index (χ0n) is 11.5. The number of thiocarbonyl (C=S) groups is 1. The average Bonchev–Trinajstić information content (AvgIpc) is 2.73. The maximum atomic E-state index is 12.7. The highest BCUT2D eigenvalue weighted by Gasteiger charge is 2.60. The molecule has 3 rings (SSSR count). The van der Waals surface area contributed by atoms with Gasteiger partial charge in [0.2, 0.25) is 11.8 Å². The Morgan fingerprint density at radius 3 is 2.73 bits per heavy atom. The number of aliphatic hydroxyl groups is 1. The summed E-state index contributed by atoms with van der Waals surface area (Å²) in [6, 6.07) is 9.12. The standard InChI is InChI=1S/C15H10N4O2S/c1-7-2-3-11-8(4-7)15(14(21)18-11)9(5-16)12(20)19-13(22)10(15)6-17/h2-4,10,20H,1H3,(H,18,21)(H,19,22). The molecule has 0 saturated carbocycles. The number of aryl methyl sites for hydroxylation is 1. The van der Waals surface area contributed by atoms with Crippen LogP contribution in [0, 0.1) is 35.5 Å². The third kappa shape index (κ3) is 1.51. The van der Waals surface area contributed by atoms with Crippen LogP contribution >= 0.6 is 12.2 Å². The summed E-state index contributed by atoms with van der Waals surface area (Å²) in [6.07, 6.45) is 0. The van der Waals surface area contributed by atoms with Crippen LogP contribution in [0.25, 0.3) is 0 Å². The number of fused-ring (bicyclic) bond motifs is 2. The molecule has 2 heterocycles. The molecule has 0 aromatic heterocycles. The van der Waals surface area contributed by atoms with Crippen LogP contribution in [0.5, 0.6) is 0 Å². The van der Waals surface area contributed by atoms with E-state index in [1.807, 2.05) is 25.1 Å². The highest BCUT2D eigenvalue weighted by Crippen LogP contribution is 2.50. The molecular weight excluding hydrogens is 300 g/mol. The second-order valence-electron chi connectivity index (χ2n) is 5.20. The van der Waals surface area contributed by atoms with Gasteiger partial charge in [-0.2, -0.15) is 10.5 Å². The first kappa shape index (κ1) is 14.1. The van der Waals surface area contributed by atoms with E-state index in [1.54, 1.807) is 12.1 Å². The van der Waals surface area contributed by atoms with Crippen molar-refractivity contribution in [1.29, 1.82) is 10.5 Å². The second kappa shape index (κ2) is 4.55. The third-order valence-corrected chi connectivity index (χ3v) is 4.35. The summed E-state index contributed by atoms with van der Waals surface area (Å²) in [5.74, 6) is -2.09. The van der Waals surface area contributed by atoms with E-state index in [0.29, 0.717) is 11.3 Å². The largest absolute Gasteiger partial charge is 0.494 e. The van der Waals surface area contributed by atoms with Crippen LogP contribution in [0.1, 0.15) is 11.1 Å². The fourth-order valence-electron chi connectivity index (χ4n) is 3.05. The van der Waals surface area contributed by atoms with Crippen LogP contribution in [0.2, 0.25) is 0 Å². The van der Waals surface area contributed by atoms with E-state index in [9.17, 15) is 20.4 Å². The Kier molecular flexibility index (Phi) is 2.91. The zero-order valence-corrected chi connectivity index (χ0v) is 12.3. The van der Waals surface area contributed by atoms with Crippen LogP contribution in [-0.2, 0) is 10.2 Å². The zero-order chi connectivity index (χ0) is 16.1. The summed E-state index contributed by atoms with van der Waals surface area (Å²) >= 11 is 5.11. The van der Waals surface area contributed by atoms with Crippen molar-refractivity contribution < 1.29 is 9.90 Å². The van der Waals surface area contributed by atoms with E-state index in [0.717, 1.165) is 5.56 Å². The number of anilines is 1. The van der Waals surface area contributed by atoms with Gasteiger partial charge in [-0.05, 0) is 18.6 Å². The van der Waals surface area contributed by atoms with E-state index < -0.39 is 23.1 Å². The SMILES string of the molecule is Cc1ccc2c(c1)C1(C(=O)N2)C(C#N)=C(O)NC(=S)C1C#N. The summed E-state index contributed by atoms with van der Waals surface area (Å²) in [6.45, 7) is 1.84. The molecule has 6 nitrogen and oxygen atoms in total.